The van der Waals surface area contributed by atoms with Crippen LogP contribution in [-0.4, -0.2) is 30.2 Å². The van der Waals surface area contributed by atoms with E-state index in [4.69, 9.17) is 9.72 Å². The fourth-order valence-electron chi connectivity index (χ4n) is 2.93. The summed E-state index contributed by atoms with van der Waals surface area (Å²) in [7, 11) is 1.69. The quantitative estimate of drug-likeness (QED) is 0.563. The van der Waals surface area contributed by atoms with E-state index in [0.717, 1.165) is 29.3 Å². The van der Waals surface area contributed by atoms with Gasteiger partial charge in [-0.15, -0.1) is 0 Å². The van der Waals surface area contributed by atoms with Crippen molar-refractivity contribution in [3.8, 4) is 11.4 Å². The van der Waals surface area contributed by atoms with Crippen molar-refractivity contribution in [3.05, 3.63) is 65.7 Å². The van der Waals surface area contributed by atoms with Gasteiger partial charge >= 0.3 is 0 Å². The molecule has 0 aliphatic rings. The Kier molecular flexibility index (Phi) is 6.39. The van der Waals surface area contributed by atoms with Crippen LogP contribution in [0.3, 0.4) is 0 Å². The van der Waals surface area contributed by atoms with E-state index >= 15 is 0 Å². The van der Waals surface area contributed by atoms with Gasteiger partial charge in [-0.05, 0) is 24.5 Å². The third-order valence-electron chi connectivity index (χ3n) is 4.36. The predicted molar refractivity (Wildman–Crippen MR) is 112 cm³/mol. The minimum Gasteiger partial charge on any atom is -0.383 e. The lowest BCUT2D eigenvalue weighted by molar-refractivity contribution is 0.210. The molecule has 0 saturated heterocycles. The predicted octanol–water partition coefficient (Wildman–Crippen LogP) is 4.82. The number of rotatable bonds is 8. The summed E-state index contributed by atoms with van der Waals surface area (Å²) in [6.45, 7) is 5.57. The van der Waals surface area contributed by atoms with Crippen LogP contribution in [0.15, 0.2) is 54.6 Å². The third kappa shape index (κ3) is 4.83. The SMILES string of the molecule is CCc1cccc(C)c1Nc1cc(NCCOC)nc(-c2ccccc2)n1. The molecule has 3 aromatic rings. The molecule has 0 spiro atoms. The fourth-order valence-corrected chi connectivity index (χ4v) is 2.93. The number of aryl methyl sites for hydroxylation is 2. The lowest BCUT2D eigenvalue weighted by Gasteiger charge is -2.15. The van der Waals surface area contributed by atoms with Crippen molar-refractivity contribution < 1.29 is 4.74 Å². The molecule has 140 valence electrons. The second kappa shape index (κ2) is 9.14. The van der Waals surface area contributed by atoms with Crippen LogP contribution in [0.1, 0.15) is 18.1 Å². The number of nitrogens with zero attached hydrogens (tertiary/aromatic N) is 2. The lowest BCUT2D eigenvalue weighted by atomic mass is 10.1. The summed E-state index contributed by atoms with van der Waals surface area (Å²) < 4.78 is 5.13. The van der Waals surface area contributed by atoms with E-state index in [1.165, 1.54) is 11.1 Å². The van der Waals surface area contributed by atoms with Crippen LogP contribution < -0.4 is 10.6 Å². The highest BCUT2D eigenvalue weighted by Gasteiger charge is 2.10. The van der Waals surface area contributed by atoms with Gasteiger partial charge in [0.1, 0.15) is 11.6 Å². The number of benzene rings is 2. The van der Waals surface area contributed by atoms with Gasteiger partial charge in [0.05, 0.1) is 6.61 Å². The number of hydrogen-bond acceptors (Lipinski definition) is 5. The zero-order chi connectivity index (χ0) is 19.1. The number of aromatic nitrogens is 2. The van der Waals surface area contributed by atoms with E-state index in [-0.39, 0.29) is 0 Å². The molecular weight excluding hydrogens is 336 g/mol. The molecule has 0 aliphatic heterocycles. The van der Waals surface area contributed by atoms with Gasteiger partial charge in [0, 0.05) is 31.0 Å². The maximum atomic E-state index is 5.13. The van der Waals surface area contributed by atoms with Crippen molar-refractivity contribution in [2.24, 2.45) is 0 Å². The molecule has 27 heavy (non-hydrogen) atoms. The van der Waals surface area contributed by atoms with E-state index in [1.807, 2.05) is 36.4 Å². The van der Waals surface area contributed by atoms with Crippen LogP contribution in [0.25, 0.3) is 11.4 Å². The molecule has 0 bridgehead atoms. The second-order valence-corrected chi connectivity index (χ2v) is 6.34. The van der Waals surface area contributed by atoms with Crippen molar-refractivity contribution in [2.45, 2.75) is 20.3 Å². The smallest absolute Gasteiger partial charge is 0.163 e. The molecule has 0 fully saturated rings. The second-order valence-electron chi connectivity index (χ2n) is 6.34. The Bertz CT molecular complexity index is 881. The summed E-state index contributed by atoms with van der Waals surface area (Å²) in [4.78, 5) is 9.41. The Morgan fingerprint density at radius 1 is 0.963 bits per heavy atom. The van der Waals surface area contributed by atoms with Gasteiger partial charge in [-0.2, -0.15) is 0 Å². The Labute approximate surface area is 160 Å². The number of hydrogen-bond donors (Lipinski definition) is 2. The first kappa shape index (κ1) is 18.9. The molecule has 2 aromatic carbocycles. The molecular formula is C22H26N4O. The maximum absolute atomic E-state index is 5.13. The van der Waals surface area contributed by atoms with Gasteiger partial charge in [-0.25, -0.2) is 9.97 Å². The van der Waals surface area contributed by atoms with Crippen LogP contribution in [0.5, 0.6) is 0 Å². The Balaban J connectivity index is 1.97. The average molecular weight is 362 g/mol. The lowest BCUT2D eigenvalue weighted by Crippen LogP contribution is -2.10. The van der Waals surface area contributed by atoms with Gasteiger partial charge in [0.25, 0.3) is 0 Å². The summed E-state index contributed by atoms with van der Waals surface area (Å²) in [5, 5.41) is 6.82. The van der Waals surface area contributed by atoms with Gasteiger partial charge in [-0.1, -0.05) is 55.5 Å². The highest BCUT2D eigenvalue weighted by molar-refractivity contribution is 5.69. The topological polar surface area (TPSA) is 59.1 Å². The summed E-state index contributed by atoms with van der Waals surface area (Å²) in [5.74, 6) is 2.23. The molecule has 0 radical (unpaired) electrons. The molecule has 0 amide bonds. The van der Waals surface area contributed by atoms with Gasteiger partial charge in [-0.3, -0.25) is 0 Å². The van der Waals surface area contributed by atoms with E-state index in [9.17, 15) is 0 Å². The van der Waals surface area contributed by atoms with Crippen LogP contribution >= 0.6 is 0 Å². The van der Waals surface area contributed by atoms with Crippen LogP contribution in [-0.2, 0) is 11.2 Å². The Hall–Kier alpha value is -2.92. The van der Waals surface area contributed by atoms with Crippen molar-refractivity contribution in [3.63, 3.8) is 0 Å². The first-order valence-electron chi connectivity index (χ1n) is 9.24. The van der Waals surface area contributed by atoms with Crippen molar-refractivity contribution in [1.29, 1.82) is 0 Å². The molecule has 0 saturated carbocycles. The van der Waals surface area contributed by atoms with Gasteiger partial charge in [0.15, 0.2) is 5.82 Å². The number of para-hydroxylation sites is 1. The molecule has 0 aliphatic carbocycles. The minimum absolute atomic E-state index is 0.616. The minimum atomic E-state index is 0.616. The summed E-state index contributed by atoms with van der Waals surface area (Å²) in [6.07, 6.45) is 0.958. The maximum Gasteiger partial charge on any atom is 0.163 e. The Morgan fingerprint density at radius 3 is 2.48 bits per heavy atom. The molecule has 0 atom stereocenters. The van der Waals surface area contributed by atoms with E-state index in [1.54, 1.807) is 7.11 Å². The summed E-state index contributed by atoms with van der Waals surface area (Å²) in [5.41, 5.74) is 4.56. The van der Waals surface area contributed by atoms with Crippen molar-refractivity contribution in [2.75, 3.05) is 30.9 Å². The highest BCUT2D eigenvalue weighted by Crippen LogP contribution is 2.27. The monoisotopic (exact) mass is 362 g/mol. The summed E-state index contributed by atoms with van der Waals surface area (Å²) >= 11 is 0. The first-order valence-corrected chi connectivity index (χ1v) is 9.24. The van der Waals surface area contributed by atoms with Crippen LogP contribution in [0.2, 0.25) is 0 Å². The number of nitrogens with one attached hydrogen (secondary N) is 2. The number of methoxy groups -OCH3 is 1. The van der Waals surface area contributed by atoms with E-state index in [2.05, 4.69) is 47.7 Å². The van der Waals surface area contributed by atoms with Crippen LogP contribution in [0, 0.1) is 6.92 Å². The zero-order valence-electron chi connectivity index (χ0n) is 16.1. The molecule has 1 aromatic heterocycles. The van der Waals surface area contributed by atoms with E-state index in [0.29, 0.717) is 19.0 Å². The zero-order valence-corrected chi connectivity index (χ0v) is 16.1. The van der Waals surface area contributed by atoms with Gasteiger partial charge in [0.2, 0.25) is 0 Å². The van der Waals surface area contributed by atoms with E-state index < -0.39 is 0 Å². The number of ether oxygens (including phenoxy) is 1. The average Bonchev–Trinajstić information content (AvgIpc) is 2.70. The summed E-state index contributed by atoms with van der Waals surface area (Å²) in [6, 6.07) is 18.3. The fraction of sp³-hybridized carbons (Fsp3) is 0.273. The molecule has 2 N–H and O–H groups in total. The third-order valence-corrected chi connectivity index (χ3v) is 4.36. The standard InChI is InChI=1S/C22H26N4O/c1-4-17-12-8-9-16(2)21(17)24-20-15-19(23-13-14-27-3)25-22(26-20)18-10-6-5-7-11-18/h5-12,15H,4,13-14H2,1-3H3,(H2,23,24,25,26). The Morgan fingerprint density at radius 2 is 1.74 bits per heavy atom. The molecule has 1 heterocycles. The largest absolute Gasteiger partial charge is 0.383 e. The first-order chi connectivity index (χ1) is 13.2. The molecule has 0 unspecified atom stereocenters. The van der Waals surface area contributed by atoms with Crippen molar-refractivity contribution in [1.82, 2.24) is 9.97 Å². The molecule has 5 heteroatoms. The number of anilines is 3. The van der Waals surface area contributed by atoms with Crippen LogP contribution in [0.4, 0.5) is 17.3 Å². The molecule has 5 nitrogen and oxygen atoms in total. The normalized spacial score (nSPS) is 10.6. The molecule has 3 rings (SSSR count). The highest BCUT2D eigenvalue weighted by atomic mass is 16.5. The van der Waals surface area contributed by atoms with Crippen molar-refractivity contribution >= 4 is 17.3 Å². The van der Waals surface area contributed by atoms with Gasteiger partial charge < -0.3 is 15.4 Å².